The van der Waals surface area contributed by atoms with Crippen molar-refractivity contribution in [2.24, 2.45) is 0 Å². The van der Waals surface area contributed by atoms with Crippen LogP contribution in [0.5, 0.6) is 0 Å². The summed E-state index contributed by atoms with van der Waals surface area (Å²) in [7, 11) is -1.53. The molecule has 3 heteroatoms. The van der Waals surface area contributed by atoms with Gasteiger partial charge in [-0.2, -0.15) is 0 Å². The van der Waals surface area contributed by atoms with Crippen LogP contribution in [0.15, 0.2) is 25.3 Å². The van der Waals surface area contributed by atoms with Crippen LogP contribution < -0.4 is 0 Å². The molecule has 0 heterocycles. The minimum Gasteiger partial charge on any atom is -0.411 e. The molecular formula is C15H30O2Si. The maximum Gasteiger partial charge on any atom is 0.192 e. The summed E-state index contributed by atoms with van der Waals surface area (Å²) >= 11 is 0. The Kier molecular flexibility index (Phi) is 10.3. The van der Waals surface area contributed by atoms with Gasteiger partial charge in [0.2, 0.25) is 0 Å². The predicted octanol–water partition coefficient (Wildman–Crippen LogP) is 4.55. The average Bonchev–Trinajstić information content (AvgIpc) is 2.41. The molecule has 1 unspecified atom stereocenters. The van der Waals surface area contributed by atoms with E-state index in [0.717, 1.165) is 19.4 Å². The van der Waals surface area contributed by atoms with Gasteiger partial charge in [0.1, 0.15) is 0 Å². The van der Waals surface area contributed by atoms with Crippen LogP contribution in [0.25, 0.3) is 0 Å². The summed E-state index contributed by atoms with van der Waals surface area (Å²) in [6, 6.07) is 3.54. The van der Waals surface area contributed by atoms with Crippen LogP contribution in [0.3, 0.4) is 0 Å². The molecule has 0 bridgehead atoms. The lowest BCUT2D eigenvalue weighted by atomic mass is 10.3. The second kappa shape index (κ2) is 10.5. The smallest absolute Gasteiger partial charge is 0.192 e. The van der Waals surface area contributed by atoms with Gasteiger partial charge in [-0.3, -0.25) is 0 Å². The van der Waals surface area contributed by atoms with Crippen molar-refractivity contribution in [1.82, 2.24) is 0 Å². The van der Waals surface area contributed by atoms with Gasteiger partial charge < -0.3 is 9.16 Å². The zero-order chi connectivity index (χ0) is 13.9. The Labute approximate surface area is 114 Å². The van der Waals surface area contributed by atoms with Crippen molar-refractivity contribution in [3.05, 3.63) is 25.3 Å². The van der Waals surface area contributed by atoms with E-state index >= 15 is 0 Å². The van der Waals surface area contributed by atoms with Gasteiger partial charge in [-0.15, -0.1) is 13.2 Å². The monoisotopic (exact) mass is 270 g/mol. The topological polar surface area (TPSA) is 18.5 Å². The van der Waals surface area contributed by atoms with Gasteiger partial charge in [-0.05, 0) is 31.0 Å². The molecule has 0 aliphatic heterocycles. The lowest BCUT2D eigenvalue weighted by Gasteiger charge is -2.32. The van der Waals surface area contributed by atoms with Crippen LogP contribution in [0.2, 0.25) is 18.1 Å². The molecule has 0 N–H and O–H groups in total. The SMILES string of the molecule is C=CCCOCC(CC=C)O[Si](CC)(CC)CC. The molecule has 0 saturated heterocycles. The van der Waals surface area contributed by atoms with Crippen LogP contribution in [0, 0.1) is 0 Å². The summed E-state index contributed by atoms with van der Waals surface area (Å²) < 4.78 is 12.1. The van der Waals surface area contributed by atoms with E-state index in [9.17, 15) is 0 Å². The molecule has 1 atom stereocenters. The highest BCUT2D eigenvalue weighted by atomic mass is 28.4. The molecular weight excluding hydrogens is 240 g/mol. The Balaban J connectivity index is 4.30. The molecule has 0 spiro atoms. The quantitative estimate of drug-likeness (QED) is 0.294. The van der Waals surface area contributed by atoms with E-state index in [2.05, 4.69) is 33.9 Å². The van der Waals surface area contributed by atoms with Crippen LogP contribution in [-0.4, -0.2) is 27.6 Å². The summed E-state index contributed by atoms with van der Waals surface area (Å²) in [5.41, 5.74) is 0. The van der Waals surface area contributed by atoms with E-state index < -0.39 is 8.32 Å². The first-order valence-electron chi connectivity index (χ1n) is 7.15. The Morgan fingerprint density at radius 3 is 2.11 bits per heavy atom. The minimum atomic E-state index is -1.53. The van der Waals surface area contributed by atoms with Crippen molar-refractivity contribution in [3.8, 4) is 0 Å². The summed E-state index contributed by atoms with van der Waals surface area (Å²) in [6.07, 6.45) is 5.77. The third kappa shape index (κ3) is 6.52. The van der Waals surface area contributed by atoms with Crippen molar-refractivity contribution in [2.75, 3.05) is 13.2 Å². The molecule has 2 nitrogen and oxygen atoms in total. The molecule has 0 aromatic heterocycles. The zero-order valence-electron chi connectivity index (χ0n) is 12.4. The highest BCUT2D eigenvalue weighted by Crippen LogP contribution is 2.24. The maximum atomic E-state index is 6.42. The number of hydrogen-bond acceptors (Lipinski definition) is 2. The van der Waals surface area contributed by atoms with Crippen molar-refractivity contribution in [2.45, 2.75) is 57.8 Å². The van der Waals surface area contributed by atoms with E-state index in [1.165, 1.54) is 18.1 Å². The molecule has 0 aromatic carbocycles. The van der Waals surface area contributed by atoms with Gasteiger partial charge in [0.05, 0.1) is 19.3 Å². The summed E-state index contributed by atoms with van der Waals surface area (Å²) in [6.45, 7) is 15.7. The second-order valence-electron chi connectivity index (χ2n) is 4.66. The minimum absolute atomic E-state index is 0.179. The Hall–Kier alpha value is -0.383. The van der Waals surface area contributed by atoms with E-state index in [1.807, 2.05) is 12.2 Å². The predicted molar refractivity (Wildman–Crippen MR) is 82.5 cm³/mol. The molecule has 0 radical (unpaired) electrons. The third-order valence-corrected chi connectivity index (χ3v) is 8.25. The molecule has 106 valence electrons. The Morgan fingerprint density at radius 2 is 1.67 bits per heavy atom. The molecule has 0 aliphatic carbocycles. The number of rotatable bonds is 12. The van der Waals surface area contributed by atoms with Crippen molar-refractivity contribution in [1.29, 1.82) is 0 Å². The molecule has 0 aromatic rings. The fourth-order valence-corrected chi connectivity index (χ4v) is 4.94. The van der Waals surface area contributed by atoms with Gasteiger partial charge in [-0.1, -0.05) is 32.9 Å². The molecule has 0 fully saturated rings. The van der Waals surface area contributed by atoms with E-state index in [1.54, 1.807) is 0 Å². The molecule has 0 saturated carbocycles. The summed E-state index contributed by atoms with van der Waals surface area (Å²) in [4.78, 5) is 0. The Morgan fingerprint density at radius 1 is 1.06 bits per heavy atom. The largest absolute Gasteiger partial charge is 0.411 e. The molecule has 0 rings (SSSR count). The van der Waals surface area contributed by atoms with Gasteiger partial charge in [0, 0.05) is 0 Å². The van der Waals surface area contributed by atoms with E-state index in [-0.39, 0.29) is 6.10 Å². The zero-order valence-corrected chi connectivity index (χ0v) is 13.4. The molecule has 0 amide bonds. The lowest BCUT2D eigenvalue weighted by molar-refractivity contribution is 0.0478. The Bertz CT molecular complexity index is 216. The lowest BCUT2D eigenvalue weighted by Crippen LogP contribution is -2.41. The van der Waals surface area contributed by atoms with Crippen LogP contribution in [0.4, 0.5) is 0 Å². The van der Waals surface area contributed by atoms with Crippen LogP contribution >= 0.6 is 0 Å². The fraction of sp³-hybridized carbons (Fsp3) is 0.733. The summed E-state index contributed by atoms with van der Waals surface area (Å²) in [5, 5.41) is 0. The van der Waals surface area contributed by atoms with Crippen LogP contribution in [-0.2, 0) is 9.16 Å². The average molecular weight is 270 g/mol. The van der Waals surface area contributed by atoms with E-state index in [4.69, 9.17) is 9.16 Å². The van der Waals surface area contributed by atoms with Crippen molar-refractivity contribution in [3.63, 3.8) is 0 Å². The van der Waals surface area contributed by atoms with Gasteiger partial charge in [0.15, 0.2) is 8.32 Å². The molecule has 18 heavy (non-hydrogen) atoms. The van der Waals surface area contributed by atoms with Gasteiger partial charge in [-0.25, -0.2) is 0 Å². The highest BCUT2D eigenvalue weighted by molar-refractivity contribution is 6.73. The van der Waals surface area contributed by atoms with E-state index in [0.29, 0.717) is 6.61 Å². The molecule has 0 aliphatic rings. The standard InChI is InChI=1S/C15H30O2Si/c1-6-11-13-16-14-15(12-7-2)17-18(8-3,9-4)10-5/h6-7,15H,1-2,8-14H2,3-5H3. The first-order valence-corrected chi connectivity index (χ1v) is 9.68. The fourth-order valence-electron chi connectivity index (χ4n) is 2.07. The second-order valence-corrected chi connectivity index (χ2v) is 9.38. The number of hydrogen-bond donors (Lipinski definition) is 0. The van der Waals surface area contributed by atoms with Crippen molar-refractivity contribution >= 4 is 8.32 Å². The first-order chi connectivity index (χ1) is 8.67. The van der Waals surface area contributed by atoms with Gasteiger partial charge >= 0.3 is 0 Å². The normalized spacial score (nSPS) is 13.3. The number of ether oxygens (including phenoxy) is 1. The highest BCUT2D eigenvalue weighted by Gasteiger charge is 2.31. The summed E-state index contributed by atoms with van der Waals surface area (Å²) in [5.74, 6) is 0. The van der Waals surface area contributed by atoms with Crippen molar-refractivity contribution < 1.29 is 9.16 Å². The third-order valence-electron chi connectivity index (χ3n) is 3.55. The van der Waals surface area contributed by atoms with Crippen LogP contribution in [0.1, 0.15) is 33.6 Å². The maximum absolute atomic E-state index is 6.42. The van der Waals surface area contributed by atoms with Gasteiger partial charge in [0.25, 0.3) is 0 Å². The first kappa shape index (κ1) is 17.6.